The van der Waals surface area contributed by atoms with Crippen molar-refractivity contribution in [2.24, 2.45) is 0 Å². The molecule has 5 rings (SSSR count). The highest BCUT2D eigenvalue weighted by molar-refractivity contribution is 6.01. The number of urea groups is 1. The van der Waals surface area contributed by atoms with Crippen molar-refractivity contribution in [2.45, 2.75) is 6.42 Å². The standard InChI is InChI=1S/C21H17N5O3/c1-29-17-5-3-2-4-15(17)24-21(28)23-13-6-7-14-12(10-13)11-16-18(14)25-20(27)19-22-8-9-26(16)19/h2-10H,11H2,1H3,(H,25,27)(H2,23,24,28). The summed E-state index contributed by atoms with van der Waals surface area (Å²) in [6.45, 7) is 0. The number of para-hydroxylation sites is 2. The average molecular weight is 387 g/mol. The number of fused-ring (bicyclic) bond motifs is 5. The Bertz CT molecular complexity index is 1320. The zero-order valence-corrected chi connectivity index (χ0v) is 15.5. The zero-order chi connectivity index (χ0) is 20.0. The molecule has 0 spiro atoms. The smallest absolute Gasteiger partial charge is 0.323 e. The van der Waals surface area contributed by atoms with E-state index < -0.39 is 0 Å². The van der Waals surface area contributed by atoms with Crippen molar-refractivity contribution in [1.82, 2.24) is 14.4 Å². The fourth-order valence-electron chi connectivity index (χ4n) is 3.72. The molecule has 4 aromatic rings. The van der Waals surface area contributed by atoms with Crippen molar-refractivity contribution < 1.29 is 9.53 Å². The molecule has 0 saturated heterocycles. The number of carbonyl (C=O) groups is 1. The number of methoxy groups -OCH3 is 1. The third-order valence-corrected chi connectivity index (χ3v) is 5.01. The number of anilines is 2. The number of rotatable bonds is 3. The Labute approximate surface area is 165 Å². The second-order valence-corrected chi connectivity index (χ2v) is 6.72. The summed E-state index contributed by atoms with van der Waals surface area (Å²) in [6.07, 6.45) is 4.04. The van der Waals surface area contributed by atoms with Gasteiger partial charge in [0, 0.05) is 30.1 Å². The molecular weight excluding hydrogens is 370 g/mol. The van der Waals surface area contributed by atoms with Gasteiger partial charge in [-0.25, -0.2) is 9.78 Å². The molecule has 0 bridgehead atoms. The summed E-state index contributed by atoms with van der Waals surface area (Å²) in [4.78, 5) is 31.7. The molecular formula is C21H17N5O3. The summed E-state index contributed by atoms with van der Waals surface area (Å²) in [6, 6.07) is 12.5. The van der Waals surface area contributed by atoms with Gasteiger partial charge in [0.25, 0.3) is 5.56 Å². The summed E-state index contributed by atoms with van der Waals surface area (Å²) in [7, 11) is 1.55. The molecule has 29 heavy (non-hydrogen) atoms. The molecule has 0 unspecified atom stereocenters. The Kier molecular flexibility index (Phi) is 3.83. The van der Waals surface area contributed by atoms with E-state index in [1.807, 2.05) is 34.7 Å². The van der Waals surface area contributed by atoms with Gasteiger partial charge in [0.2, 0.25) is 5.65 Å². The van der Waals surface area contributed by atoms with Crippen LogP contribution in [0.3, 0.4) is 0 Å². The van der Waals surface area contributed by atoms with Crippen LogP contribution in [0.5, 0.6) is 5.75 Å². The number of imidazole rings is 1. The van der Waals surface area contributed by atoms with Gasteiger partial charge in [-0.15, -0.1) is 0 Å². The number of carbonyl (C=O) groups excluding carboxylic acids is 1. The molecule has 0 aliphatic heterocycles. The molecule has 0 radical (unpaired) electrons. The van der Waals surface area contributed by atoms with Gasteiger partial charge in [-0.1, -0.05) is 18.2 Å². The number of hydrogen-bond acceptors (Lipinski definition) is 4. The quantitative estimate of drug-likeness (QED) is 0.442. The summed E-state index contributed by atoms with van der Waals surface area (Å²) >= 11 is 0. The Morgan fingerprint density at radius 1 is 1.21 bits per heavy atom. The van der Waals surface area contributed by atoms with Gasteiger partial charge in [0.15, 0.2) is 0 Å². The second-order valence-electron chi connectivity index (χ2n) is 6.72. The molecule has 1 aliphatic rings. The Morgan fingerprint density at radius 2 is 2.07 bits per heavy atom. The van der Waals surface area contributed by atoms with E-state index in [1.54, 1.807) is 31.6 Å². The zero-order valence-electron chi connectivity index (χ0n) is 15.5. The van der Waals surface area contributed by atoms with Crippen molar-refractivity contribution in [3.63, 3.8) is 0 Å². The first kappa shape index (κ1) is 17.1. The van der Waals surface area contributed by atoms with Crippen LogP contribution in [0.15, 0.2) is 59.7 Å². The molecule has 8 heteroatoms. The largest absolute Gasteiger partial charge is 0.495 e. The van der Waals surface area contributed by atoms with Gasteiger partial charge in [-0.2, -0.15) is 0 Å². The number of ether oxygens (including phenoxy) is 1. The molecule has 0 saturated carbocycles. The fourth-order valence-corrected chi connectivity index (χ4v) is 3.72. The number of nitrogens with one attached hydrogen (secondary N) is 3. The molecule has 2 heterocycles. The highest BCUT2D eigenvalue weighted by atomic mass is 16.5. The van der Waals surface area contributed by atoms with Crippen molar-refractivity contribution in [2.75, 3.05) is 17.7 Å². The second kappa shape index (κ2) is 6.52. The maximum Gasteiger partial charge on any atom is 0.323 e. The highest BCUT2D eigenvalue weighted by Crippen LogP contribution is 2.36. The van der Waals surface area contributed by atoms with Crippen LogP contribution in [0.1, 0.15) is 11.3 Å². The van der Waals surface area contributed by atoms with Gasteiger partial charge < -0.3 is 20.4 Å². The number of benzene rings is 2. The van der Waals surface area contributed by atoms with Crippen molar-refractivity contribution in [3.8, 4) is 17.0 Å². The number of amides is 2. The first-order valence-electron chi connectivity index (χ1n) is 9.06. The van der Waals surface area contributed by atoms with E-state index in [4.69, 9.17) is 4.74 Å². The van der Waals surface area contributed by atoms with Gasteiger partial charge in [-0.05, 0) is 29.8 Å². The van der Waals surface area contributed by atoms with E-state index in [0.717, 1.165) is 22.5 Å². The van der Waals surface area contributed by atoms with Crippen LogP contribution in [0.4, 0.5) is 16.2 Å². The summed E-state index contributed by atoms with van der Waals surface area (Å²) < 4.78 is 7.07. The first-order valence-corrected chi connectivity index (χ1v) is 9.06. The minimum atomic E-state index is -0.365. The lowest BCUT2D eigenvalue weighted by atomic mass is 10.1. The van der Waals surface area contributed by atoms with Crippen LogP contribution < -0.4 is 20.9 Å². The predicted octanol–water partition coefficient (Wildman–Crippen LogP) is 3.25. The average Bonchev–Trinajstić information content (AvgIpc) is 3.33. The summed E-state index contributed by atoms with van der Waals surface area (Å²) in [5, 5.41) is 5.63. The molecule has 144 valence electrons. The first-order chi connectivity index (χ1) is 14.1. The molecule has 3 N–H and O–H groups in total. The van der Waals surface area contributed by atoms with E-state index in [2.05, 4.69) is 20.6 Å². The molecule has 0 fully saturated rings. The Morgan fingerprint density at radius 3 is 2.93 bits per heavy atom. The number of hydrogen-bond donors (Lipinski definition) is 3. The number of H-pyrrole nitrogens is 1. The van der Waals surface area contributed by atoms with Crippen molar-refractivity contribution in [3.05, 3.63) is 76.5 Å². The lowest BCUT2D eigenvalue weighted by Crippen LogP contribution is -2.19. The summed E-state index contributed by atoms with van der Waals surface area (Å²) in [5.74, 6) is 0.584. The molecule has 8 nitrogen and oxygen atoms in total. The Balaban J connectivity index is 1.41. The molecule has 2 amide bonds. The van der Waals surface area contributed by atoms with Crippen molar-refractivity contribution >= 4 is 23.1 Å². The van der Waals surface area contributed by atoms with E-state index in [1.165, 1.54) is 0 Å². The van der Waals surface area contributed by atoms with Crippen LogP contribution in [0, 0.1) is 0 Å². The third-order valence-electron chi connectivity index (χ3n) is 5.01. The van der Waals surface area contributed by atoms with Gasteiger partial charge in [0.1, 0.15) is 5.75 Å². The number of nitrogens with zero attached hydrogens (tertiary/aromatic N) is 2. The van der Waals surface area contributed by atoms with Crippen molar-refractivity contribution in [1.29, 1.82) is 0 Å². The van der Waals surface area contributed by atoms with Gasteiger partial charge >= 0.3 is 6.03 Å². The molecule has 0 atom stereocenters. The number of aromatic amines is 1. The van der Waals surface area contributed by atoms with E-state index in [9.17, 15) is 9.59 Å². The predicted molar refractivity (Wildman–Crippen MR) is 110 cm³/mol. The minimum absolute atomic E-state index is 0.222. The lowest BCUT2D eigenvalue weighted by molar-refractivity contribution is 0.262. The molecule has 2 aromatic heterocycles. The van der Waals surface area contributed by atoms with Crippen LogP contribution in [0.2, 0.25) is 0 Å². The minimum Gasteiger partial charge on any atom is -0.495 e. The van der Waals surface area contributed by atoms with Crippen LogP contribution in [0.25, 0.3) is 16.9 Å². The third kappa shape index (κ3) is 2.82. The highest BCUT2D eigenvalue weighted by Gasteiger charge is 2.23. The topological polar surface area (TPSA) is 101 Å². The fraction of sp³-hybridized carbons (Fsp3) is 0.0952. The monoisotopic (exact) mass is 387 g/mol. The van der Waals surface area contributed by atoms with E-state index in [-0.39, 0.29) is 11.6 Å². The molecule has 2 aromatic carbocycles. The number of aromatic nitrogens is 3. The normalized spacial score (nSPS) is 11.8. The SMILES string of the molecule is COc1ccccc1NC(=O)Nc1ccc2c(c1)Cc1c-2[nH]c(=O)c2nccn12. The summed E-state index contributed by atoms with van der Waals surface area (Å²) in [5.41, 5.74) is 5.14. The van der Waals surface area contributed by atoms with E-state index >= 15 is 0 Å². The van der Waals surface area contributed by atoms with Gasteiger partial charge in [-0.3, -0.25) is 9.20 Å². The molecule has 1 aliphatic carbocycles. The maximum atomic E-state index is 12.4. The Hall–Kier alpha value is -4.07. The van der Waals surface area contributed by atoms with Crippen LogP contribution >= 0.6 is 0 Å². The van der Waals surface area contributed by atoms with E-state index in [0.29, 0.717) is 29.2 Å². The maximum absolute atomic E-state index is 12.4. The van der Waals surface area contributed by atoms with Crippen LogP contribution in [-0.4, -0.2) is 27.5 Å². The van der Waals surface area contributed by atoms with Gasteiger partial charge in [0.05, 0.1) is 24.2 Å². The van der Waals surface area contributed by atoms with Crippen LogP contribution in [-0.2, 0) is 6.42 Å². The lowest BCUT2D eigenvalue weighted by Gasteiger charge is -2.11.